The van der Waals surface area contributed by atoms with Crippen molar-refractivity contribution in [3.05, 3.63) is 23.8 Å². The van der Waals surface area contributed by atoms with Crippen LogP contribution in [0, 0.1) is 6.92 Å². The summed E-state index contributed by atoms with van der Waals surface area (Å²) in [5.41, 5.74) is -0.495. The van der Waals surface area contributed by atoms with E-state index < -0.39 is 27.5 Å². The Balaban J connectivity index is 0.00000264. The van der Waals surface area contributed by atoms with Crippen molar-refractivity contribution in [3.63, 3.8) is 0 Å². The number of aryl methyl sites for hydroxylation is 1. The van der Waals surface area contributed by atoms with Crippen LogP contribution in [-0.2, 0) is 9.84 Å². The number of hydrogen-bond donors (Lipinski definition) is 0. The average Bonchev–Trinajstić information content (AvgIpc) is 2.36. The molecule has 0 aromatic heterocycles. The fraction of sp³-hybridized carbons (Fsp3) is 0.571. The zero-order valence-electron chi connectivity index (χ0n) is 13.6. The van der Waals surface area contributed by atoms with E-state index in [1.54, 1.807) is 0 Å². The smallest absolute Gasteiger partial charge is 0.490 e. The summed E-state index contributed by atoms with van der Waals surface area (Å²) >= 11 is 0. The minimum atomic E-state index is -5.03. The summed E-state index contributed by atoms with van der Waals surface area (Å²) in [5.74, 6) is 0.362. The Morgan fingerprint density at radius 2 is 1.87 bits per heavy atom. The topological polar surface area (TPSA) is 43.4 Å². The van der Waals surface area contributed by atoms with Gasteiger partial charge in [-0.15, -0.1) is 5.46 Å². The van der Waals surface area contributed by atoms with Crippen molar-refractivity contribution in [3.8, 4) is 5.75 Å². The summed E-state index contributed by atoms with van der Waals surface area (Å²) in [7, 11) is -3.11. The molecule has 23 heavy (non-hydrogen) atoms. The maximum Gasteiger partial charge on any atom is 1.00 e. The second-order valence-electron chi connectivity index (χ2n) is 5.95. The molecular formula is C14H19BF3KO3S. The predicted octanol–water partition coefficient (Wildman–Crippen LogP) is -0.212. The Bertz CT molecular complexity index is 649. The van der Waals surface area contributed by atoms with Crippen molar-refractivity contribution >= 4 is 22.3 Å². The number of benzene rings is 1. The van der Waals surface area contributed by atoms with Gasteiger partial charge >= 0.3 is 58.4 Å². The molecule has 1 aromatic carbocycles. The van der Waals surface area contributed by atoms with E-state index in [2.05, 4.69) is 0 Å². The summed E-state index contributed by atoms with van der Waals surface area (Å²) in [6.45, 7) is -3.63. The number of hydrogen-bond acceptors (Lipinski definition) is 3. The Kier molecular flexibility index (Phi) is 7.69. The van der Waals surface area contributed by atoms with Gasteiger partial charge in [0.1, 0.15) is 15.6 Å². The summed E-state index contributed by atoms with van der Waals surface area (Å²) in [4.78, 5) is 0. The molecule has 1 fully saturated rings. The molecule has 0 spiro atoms. The van der Waals surface area contributed by atoms with E-state index in [-0.39, 0.29) is 63.1 Å². The molecule has 0 saturated heterocycles. The third-order valence-corrected chi connectivity index (χ3v) is 5.72. The monoisotopic (exact) mass is 374 g/mol. The van der Waals surface area contributed by atoms with E-state index in [0.29, 0.717) is 18.6 Å². The molecule has 0 heterocycles. The maximum absolute atomic E-state index is 12.8. The summed E-state index contributed by atoms with van der Waals surface area (Å²) < 4.78 is 67.3. The van der Waals surface area contributed by atoms with Crippen LogP contribution < -0.4 is 61.6 Å². The molecule has 0 amide bonds. The standard InChI is InChI=1S/C14H19BF3O3S.K/c1-10-8-12(6-7-14(10)15(16,17)18)21-11-4-3-5-13(9-11)22(2,19)20;/h6-8,11,13H,3-5,9H2,1-2H3;/q-1;+1. The van der Waals surface area contributed by atoms with Gasteiger partial charge in [-0.3, -0.25) is 0 Å². The van der Waals surface area contributed by atoms with Gasteiger partial charge in [-0.25, -0.2) is 8.42 Å². The quantitative estimate of drug-likeness (QED) is 0.685. The summed E-state index contributed by atoms with van der Waals surface area (Å²) in [6, 6.07) is 3.71. The van der Waals surface area contributed by atoms with Gasteiger partial charge in [0.15, 0.2) is 0 Å². The van der Waals surface area contributed by atoms with Crippen LogP contribution in [0.3, 0.4) is 0 Å². The molecular weight excluding hydrogens is 355 g/mol. The minimum absolute atomic E-state index is 0. The Labute approximate surface area is 177 Å². The van der Waals surface area contributed by atoms with Crippen LogP contribution in [0.5, 0.6) is 5.75 Å². The van der Waals surface area contributed by atoms with E-state index in [1.165, 1.54) is 25.3 Å². The van der Waals surface area contributed by atoms with Crippen molar-refractivity contribution in [2.24, 2.45) is 0 Å². The molecule has 2 rings (SSSR count). The minimum Gasteiger partial charge on any atom is -0.490 e. The second kappa shape index (κ2) is 8.23. The van der Waals surface area contributed by atoms with Crippen molar-refractivity contribution < 1.29 is 77.5 Å². The third kappa shape index (κ3) is 6.04. The maximum atomic E-state index is 12.8. The van der Waals surface area contributed by atoms with E-state index in [9.17, 15) is 21.4 Å². The largest absolute Gasteiger partial charge is 1.00 e. The van der Waals surface area contributed by atoms with Crippen LogP contribution in [0.4, 0.5) is 12.9 Å². The van der Waals surface area contributed by atoms with E-state index in [4.69, 9.17) is 4.74 Å². The number of ether oxygens (including phenoxy) is 1. The van der Waals surface area contributed by atoms with Crippen LogP contribution >= 0.6 is 0 Å². The molecule has 0 bridgehead atoms. The average molecular weight is 374 g/mol. The molecule has 1 aromatic rings. The van der Waals surface area contributed by atoms with Crippen molar-refractivity contribution in [1.82, 2.24) is 0 Å². The van der Waals surface area contributed by atoms with Gasteiger partial charge < -0.3 is 17.7 Å². The van der Waals surface area contributed by atoms with Gasteiger partial charge in [0.05, 0.1) is 11.4 Å². The van der Waals surface area contributed by atoms with Gasteiger partial charge in [0, 0.05) is 12.7 Å². The van der Waals surface area contributed by atoms with Crippen LogP contribution in [0.1, 0.15) is 31.2 Å². The number of sulfone groups is 1. The van der Waals surface area contributed by atoms with Crippen LogP contribution in [-0.4, -0.2) is 33.0 Å². The summed E-state index contributed by atoms with van der Waals surface area (Å²) in [6.07, 6.45) is 3.41. The third-order valence-electron chi connectivity index (χ3n) is 4.08. The van der Waals surface area contributed by atoms with Gasteiger partial charge in [0.2, 0.25) is 0 Å². The molecule has 0 N–H and O–H groups in total. The predicted molar refractivity (Wildman–Crippen MR) is 81.4 cm³/mol. The van der Waals surface area contributed by atoms with Crippen LogP contribution in [0.25, 0.3) is 0 Å². The normalized spacial score (nSPS) is 22.3. The van der Waals surface area contributed by atoms with Crippen molar-refractivity contribution in [2.45, 2.75) is 44.0 Å². The molecule has 1 saturated carbocycles. The first-order valence-electron chi connectivity index (χ1n) is 7.23. The van der Waals surface area contributed by atoms with Gasteiger partial charge in [-0.2, -0.15) is 0 Å². The fourth-order valence-corrected chi connectivity index (χ4v) is 4.04. The van der Waals surface area contributed by atoms with Crippen LogP contribution in [0.15, 0.2) is 18.2 Å². The van der Waals surface area contributed by atoms with E-state index >= 15 is 0 Å². The van der Waals surface area contributed by atoms with Crippen LogP contribution in [0.2, 0.25) is 0 Å². The zero-order valence-corrected chi connectivity index (χ0v) is 17.5. The van der Waals surface area contributed by atoms with Gasteiger partial charge in [0.25, 0.3) is 0 Å². The summed E-state index contributed by atoms with van der Waals surface area (Å²) in [5, 5.41) is -0.426. The molecule has 2 atom stereocenters. The van der Waals surface area contributed by atoms with Crippen molar-refractivity contribution in [1.29, 1.82) is 0 Å². The Morgan fingerprint density at radius 1 is 1.22 bits per heavy atom. The molecule has 1 aliphatic rings. The molecule has 1 aliphatic carbocycles. The van der Waals surface area contributed by atoms with E-state index in [1.807, 2.05) is 0 Å². The molecule has 3 nitrogen and oxygen atoms in total. The Morgan fingerprint density at radius 3 is 2.39 bits per heavy atom. The van der Waals surface area contributed by atoms with Crippen molar-refractivity contribution in [2.75, 3.05) is 6.26 Å². The van der Waals surface area contributed by atoms with Gasteiger partial charge in [-0.05, 0) is 38.3 Å². The molecule has 9 heteroatoms. The first kappa shape index (κ1) is 21.5. The number of rotatable bonds is 4. The molecule has 0 aliphatic heterocycles. The first-order chi connectivity index (χ1) is 10.1. The zero-order chi connectivity index (χ0) is 16.5. The van der Waals surface area contributed by atoms with E-state index in [0.717, 1.165) is 18.9 Å². The Hall–Kier alpha value is 0.461. The number of halogens is 3. The second-order valence-corrected chi connectivity index (χ2v) is 8.28. The molecule has 2 unspecified atom stereocenters. The molecule has 124 valence electrons. The first-order valence-corrected chi connectivity index (χ1v) is 9.19. The van der Waals surface area contributed by atoms with Gasteiger partial charge in [-0.1, -0.05) is 11.6 Å². The SMILES string of the molecule is Cc1cc(OC2CCCC(S(C)(=O)=O)C2)ccc1[B-](F)(F)F.[K+]. The molecule has 0 radical (unpaired) electrons. The fourth-order valence-electron chi connectivity index (χ4n) is 2.88.